The molecule has 0 spiro atoms. The summed E-state index contributed by atoms with van der Waals surface area (Å²) in [6.07, 6.45) is 1.35. The van der Waals surface area contributed by atoms with Crippen LogP contribution in [0.15, 0.2) is 46.0 Å². The predicted molar refractivity (Wildman–Crippen MR) is 97.8 cm³/mol. The minimum atomic E-state index is -0.467. The Morgan fingerprint density at radius 3 is 2.96 bits per heavy atom. The van der Waals surface area contributed by atoms with Crippen molar-refractivity contribution in [2.24, 2.45) is 5.10 Å². The number of carbonyl (C=O) groups excluding carboxylic acids is 1. The van der Waals surface area contributed by atoms with Crippen LogP contribution in [0.5, 0.6) is 5.75 Å². The number of aromatic hydroxyl groups is 1. The molecule has 0 aliphatic carbocycles. The minimum Gasteiger partial charge on any atom is -0.507 e. The average molecular weight is 426 g/mol. The molecule has 122 valence electrons. The maximum absolute atomic E-state index is 12.0. The van der Waals surface area contributed by atoms with Crippen molar-refractivity contribution < 1.29 is 9.90 Å². The molecule has 9 heteroatoms. The smallest absolute Gasteiger partial charge is 0.291 e. The average Bonchev–Trinajstić information content (AvgIpc) is 3.19. The van der Waals surface area contributed by atoms with Gasteiger partial charge in [0.05, 0.1) is 21.1 Å². The molecular weight excluding hydrogens is 416 g/mol. The number of phenols is 1. The number of hydrazone groups is 1. The number of amides is 1. The molecule has 0 aliphatic heterocycles. The third kappa shape index (κ3) is 3.84. The van der Waals surface area contributed by atoms with Gasteiger partial charge >= 0.3 is 0 Å². The number of nitrogens with one attached hydrogen (secondary N) is 2. The number of aromatic nitrogens is 2. The topological polar surface area (TPSA) is 90.4 Å². The first-order valence-electron chi connectivity index (χ1n) is 6.66. The molecule has 0 unspecified atom stereocenters. The van der Waals surface area contributed by atoms with Gasteiger partial charge in [-0.3, -0.25) is 9.89 Å². The van der Waals surface area contributed by atoms with Crippen LogP contribution in [0.1, 0.15) is 16.1 Å². The van der Waals surface area contributed by atoms with E-state index in [1.165, 1.54) is 23.6 Å². The molecule has 1 aromatic carbocycles. The van der Waals surface area contributed by atoms with E-state index in [1.54, 1.807) is 24.3 Å². The van der Waals surface area contributed by atoms with Crippen LogP contribution in [0.25, 0.3) is 10.6 Å². The van der Waals surface area contributed by atoms with E-state index in [2.05, 4.69) is 36.7 Å². The van der Waals surface area contributed by atoms with Crippen LogP contribution < -0.4 is 5.43 Å². The summed E-state index contributed by atoms with van der Waals surface area (Å²) < 4.78 is 1.45. The highest BCUT2D eigenvalue weighted by Gasteiger charge is 2.12. The molecule has 3 aromatic rings. The zero-order chi connectivity index (χ0) is 17.1. The van der Waals surface area contributed by atoms with Crippen molar-refractivity contribution >= 4 is 51.0 Å². The molecule has 0 bridgehead atoms. The Morgan fingerprint density at radius 1 is 1.38 bits per heavy atom. The Morgan fingerprint density at radius 2 is 2.21 bits per heavy atom. The molecule has 0 radical (unpaired) electrons. The molecule has 2 heterocycles. The van der Waals surface area contributed by atoms with Gasteiger partial charge in [0.25, 0.3) is 5.91 Å². The Hall–Kier alpha value is -2.16. The predicted octanol–water partition coefficient (Wildman–Crippen LogP) is 4.02. The molecular formula is C15H10BrClN4O2S. The third-order valence-electron chi connectivity index (χ3n) is 3.01. The van der Waals surface area contributed by atoms with Crippen molar-refractivity contribution in [1.82, 2.24) is 15.6 Å². The first kappa shape index (κ1) is 16.7. The van der Waals surface area contributed by atoms with Gasteiger partial charge in [0, 0.05) is 10.0 Å². The highest BCUT2D eigenvalue weighted by Crippen LogP contribution is 2.29. The molecule has 24 heavy (non-hydrogen) atoms. The Bertz CT molecular complexity index is 922. The standard InChI is InChI=1S/C15H10BrClN4O2S/c16-9-1-2-12(22)8(5-9)7-18-21-15(23)11-6-10(19-20-11)13-3-4-14(17)24-13/h1-7,22H,(H,19,20)(H,21,23)/b18-7+. The zero-order valence-corrected chi connectivity index (χ0v) is 15.1. The fourth-order valence-electron chi connectivity index (χ4n) is 1.87. The Balaban J connectivity index is 1.68. The molecule has 1 amide bonds. The van der Waals surface area contributed by atoms with Crippen molar-refractivity contribution in [2.45, 2.75) is 0 Å². The van der Waals surface area contributed by atoms with Gasteiger partial charge in [-0.15, -0.1) is 11.3 Å². The first-order chi connectivity index (χ1) is 11.5. The zero-order valence-electron chi connectivity index (χ0n) is 12.0. The third-order valence-corrected chi connectivity index (χ3v) is 4.77. The van der Waals surface area contributed by atoms with Crippen LogP contribution in [0.2, 0.25) is 4.34 Å². The molecule has 3 N–H and O–H groups in total. The van der Waals surface area contributed by atoms with Crippen LogP contribution >= 0.6 is 38.9 Å². The molecule has 3 rings (SSSR count). The number of rotatable bonds is 4. The van der Waals surface area contributed by atoms with Gasteiger partial charge in [-0.25, -0.2) is 5.43 Å². The molecule has 0 saturated carbocycles. The molecule has 0 aliphatic rings. The van der Waals surface area contributed by atoms with E-state index >= 15 is 0 Å². The second-order valence-electron chi connectivity index (χ2n) is 4.67. The summed E-state index contributed by atoms with van der Waals surface area (Å²) in [5.41, 5.74) is 3.73. The summed E-state index contributed by atoms with van der Waals surface area (Å²) in [6, 6.07) is 10.1. The lowest BCUT2D eigenvalue weighted by Gasteiger charge is -1.99. The number of halogens is 2. The number of benzene rings is 1. The van der Waals surface area contributed by atoms with Crippen molar-refractivity contribution in [3.63, 3.8) is 0 Å². The number of thiophene rings is 1. The number of aromatic amines is 1. The Labute approximate surface area is 154 Å². The highest BCUT2D eigenvalue weighted by atomic mass is 79.9. The van der Waals surface area contributed by atoms with E-state index in [4.69, 9.17) is 11.6 Å². The minimum absolute atomic E-state index is 0.0628. The van der Waals surface area contributed by atoms with Crippen LogP contribution in [0.4, 0.5) is 0 Å². The summed E-state index contributed by atoms with van der Waals surface area (Å²) in [4.78, 5) is 12.9. The summed E-state index contributed by atoms with van der Waals surface area (Å²) in [5, 5.41) is 20.3. The highest BCUT2D eigenvalue weighted by molar-refractivity contribution is 9.10. The van der Waals surface area contributed by atoms with E-state index in [1.807, 2.05) is 6.07 Å². The number of H-pyrrole nitrogens is 1. The maximum Gasteiger partial charge on any atom is 0.291 e. The fourth-order valence-corrected chi connectivity index (χ4v) is 3.26. The van der Waals surface area contributed by atoms with Crippen LogP contribution in [-0.2, 0) is 0 Å². The number of nitrogens with zero attached hydrogens (tertiary/aromatic N) is 2. The normalized spacial score (nSPS) is 11.1. The van der Waals surface area contributed by atoms with Gasteiger partial charge in [0.1, 0.15) is 5.75 Å². The number of carbonyl (C=O) groups is 1. The molecule has 0 atom stereocenters. The van der Waals surface area contributed by atoms with Crippen molar-refractivity contribution in [3.05, 3.63) is 56.5 Å². The van der Waals surface area contributed by atoms with E-state index in [0.29, 0.717) is 15.6 Å². The lowest BCUT2D eigenvalue weighted by Crippen LogP contribution is -2.18. The molecule has 0 saturated heterocycles. The molecule has 6 nitrogen and oxygen atoms in total. The number of hydrogen-bond acceptors (Lipinski definition) is 5. The molecule has 0 fully saturated rings. The van der Waals surface area contributed by atoms with Gasteiger partial charge in [0.2, 0.25) is 0 Å². The lowest BCUT2D eigenvalue weighted by atomic mass is 10.2. The van der Waals surface area contributed by atoms with E-state index in [-0.39, 0.29) is 11.4 Å². The van der Waals surface area contributed by atoms with E-state index in [0.717, 1.165) is 9.35 Å². The second kappa shape index (κ2) is 7.16. The van der Waals surface area contributed by atoms with Crippen molar-refractivity contribution in [2.75, 3.05) is 0 Å². The summed E-state index contributed by atoms with van der Waals surface area (Å²) in [6.45, 7) is 0. The van der Waals surface area contributed by atoms with Gasteiger partial charge in [-0.05, 0) is 36.4 Å². The number of hydrogen-bond donors (Lipinski definition) is 3. The molecule has 2 aromatic heterocycles. The largest absolute Gasteiger partial charge is 0.507 e. The second-order valence-corrected chi connectivity index (χ2v) is 7.30. The monoisotopic (exact) mass is 424 g/mol. The van der Waals surface area contributed by atoms with Crippen molar-refractivity contribution in [3.8, 4) is 16.3 Å². The van der Waals surface area contributed by atoms with Gasteiger partial charge < -0.3 is 5.11 Å². The van der Waals surface area contributed by atoms with E-state index in [9.17, 15) is 9.90 Å². The van der Waals surface area contributed by atoms with Gasteiger partial charge in [0.15, 0.2) is 5.69 Å². The maximum atomic E-state index is 12.0. The van der Waals surface area contributed by atoms with Gasteiger partial charge in [-0.2, -0.15) is 10.2 Å². The first-order valence-corrected chi connectivity index (χ1v) is 8.65. The summed E-state index contributed by atoms with van der Waals surface area (Å²) >= 11 is 10.6. The SMILES string of the molecule is O=C(N/N=C/c1cc(Br)ccc1O)c1cc(-c2ccc(Cl)s2)[nH]n1. The van der Waals surface area contributed by atoms with E-state index < -0.39 is 5.91 Å². The summed E-state index contributed by atoms with van der Waals surface area (Å²) in [7, 11) is 0. The van der Waals surface area contributed by atoms with Crippen LogP contribution in [0.3, 0.4) is 0 Å². The summed E-state index contributed by atoms with van der Waals surface area (Å²) in [5.74, 6) is -0.404. The van der Waals surface area contributed by atoms with Crippen LogP contribution in [0, 0.1) is 0 Å². The quantitative estimate of drug-likeness (QED) is 0.435. The van der Waals surface area contributed by atoms with Crippen molar-refractivity contribution in [1.29, 1.82) is 0 Å². The lowest BCUT2D eigenvalue weighted by molar-refractivity contribution is 0.0950. The Kier molecular flexibility index (Phi) is 4.98. The van der Waals surface area contributed by atoms with Crippen LogP contribution in [-0.4, -0.2) is 27.4 Å². The van der Waals surface area contributed by atoms with Gasteiger partial charge in [-0.1, -0.05) is 27.5 Å². The fraction of sp³-hybridized carbons (Fsp3) is 0. The number of phenolic OH excluding ortho intramolecular Hbond substituents is 1.